The lowest BCUT2D eigenvalue weighted by atomic mass is 9.99. The van der Waals surface area contributed by atoms with Gasteiger partial charge in [0.15, 0.2) is 6.20 Å². The van der Waals surface area contributed by atoms with E-state index in [2.05, 4.69) is 15.3 Å². The second-order valence-corrected chi connectivity index (χ2v) is 8.22. The van der Waals surface area contributed by atoms with Crippen LogP contribution in [0.1, 0.15) is 40.1 Å². The minimum Gasteiger partial charge on any atom is -0.618 e. The number of aromatic nitrogens is 3. The summed E-state index contributed by atoms with van der Waals surface area (Å²) in [7, 11) is 0. The van der Waals surface area contributed by atoms with Gasteiger partial charge in [0.05, 0.1) is 11.7 Å². The van der Waals surface area contributed by atoms with Crippen LogP contribution in [-0.2, 0) is 6.18 Å². The van der Waals surface area contributed by atoms with Crippen molar-refractivity contribution in [3.05, 3.63) is 107 Å². The Morgan fingerprint density at radius 2 is 1.81 bits per heavy atom. The van der Waals surface area contributed by atoms with Crippen molar-refractivity contribution in [2.45, 2.75) is 26.1 Å². The molecule has 184 valence electrons. The van der Waals surface area contributed by atoms with Crippen LogP contribution in [0.15, 0.2) is 73.2 Å². The SMILES string of the molecule is Cc1ccc(-c2cc(C(=O)N[C@H](C)c3ccc(C(F)(F)F)[n+]([O-])c3)cc(-c3ncccc3F)c2)nc1. The van der Waals surface area contributed by atoms with Crippen LogP contribution in [0, 0.1) is 17.9 Å². The number of carbonyl (C=O) groups excluding carboxylic acids is 1. The van der Waals surface area contributed by atoms with E-state index in [1.165, 1.54) is 31.3 Å². The second kappa shape index (κ2) is 9.73. The van der Waals surface area contributed by atoms with Gasteiger partial charge in [-0.2, -0.15) is 17.9 Å². The molecule has 1 N–H and O–H groups in total. The van der Waals surface area contributed by atoms with Crippen molar-refractivity contribution < 1.29 is 27.1 Å². The Hall–Kier alpha value is -4.34. The van der Waals surface area contributed by atoms with E-state index in [1.54, 1.807) is 24.4 Å². The van der Waals surface area contributed by atoms with E-state index in [-0.39, 0.29) is 21.6 Å². The summed E-state index contributed by atoms with van der Waals surface area (Å²) in [6.45, 7) is 3.41. The third-order valence-electron chi connectivity index (χ3n) is 5.51. The lowest BCUT2D eigenvalue weighted by molar-refractivity contribution is -0.629. The first-order valence-electron chi connectivity index (χ1n) is 10.8. The van der Waals surface area contributed by atoms with Crippen LogP contribution >= 0.6 is 0 Å². The molecule has 0 radical (unpaired) electrons. The van der Waals surface area contributed by atoms with Gasteiger partial charge in [-0.05, 0) is 61.9 Å². The average molecular weight is 496 g/mol. The maximum atomic E-state index is 14.5. The van der Waals surface area contributed by atoms with Crippen LogP contribution in [0.3, 0.4) is 0 Å². The molecular weight excluding hydrogens is 476 g/mol. The van der Waals surface area contributed by atoms with Crippen molar-refractivity contribution >= 4 is 5.91 Å². The van der Waals surface area contributed by atoms with Gasteiger partial charge in [0, 0.05) is 40.7 Å². The first kappa shape index (κ1) is 24.8. The molecule has 0 spiro atoms. The van der Waals surface area contributed by atoms with Gasteiger partial charge in [0.2, 0.25) is 0 Å². The number of nitrogens with one attached hydrogen (secondary N) is 1. The summed E-state index contributed by atoms with van der Waals surface area (Å²) >= 11 is 0. The molecule has 10 heteroatoms. The van der Waals surface area contributed by atoms with Crippen LogP contribution in [0.4, 0.5) is 17.6 Å². The normalized spacial score (nSPS) is 12.3. The smallest absolute Gasteiger partial charge is 0.478 e. The second-order valence-electron chi connectivity index (χ2n) is 8.22. The topological polar surface area (TPSA) is 81.8 Å². The zero-order chi connectivity index (χ0) is 26.0. The highest BCUT2D eigenvalue weighted by atomic mass is 19.4. The molecule has 0 aliphatic heterocycles. The lowest BCUT2D eigenvalue weighted by Gasteiger charge is -2.16. The Balaban J connectivity index is 1.69. The molecule has 1 amide bonds. The monoisotopic (exact) mass is 496 g/mol. The van der Waals surface area contributed by atoms with E-state index in [9.17, 15) is 27.6 Å². The maximum absolute atomic E-state index is 14.5. The highest BCUT2D eigenvalue weighted by Gasteiger charge is 2.39. The molecule has 0 aliphatic carbocycles. The maximum Gasteiger partial charge on any atom is 0.478 e. The molecule has 3 heterocycles. The lowest BCUT2D eigenvalue weighted by Crippen LogP contribution is -2.38. The van der Waals surface area contributed by atoms with E-state index >= 15 is 0 Å². The molecule has 4 rings (SSSR count). The predicted molar refractivity (Wildman–Crippen MR) is 124 cm³/mol. The zero-order valence-corrected chi connectivity index (χ0v) is 19.2. The van der Waals surface area contributed by atoms with Crippen molar-refractivity contribution in [2.75, 3.05) is 0 Å². The molecule has 0 saturated carbocycles. The molecule has 0 bridgehead atoms. The first-order chi connectivity index (χ1) is 17.0. The number of hydrogen-bond acceptors (Lipinski definition) is 4. The summed E-state index contributed by atoms with van der Waals surface area (Å²) in [6, 6.07) is 12.0. The van der Waals surface area contributed by atoms with Crippen molar-refractivity contribution in [2.24, 2.45) is 0 Å². The number of aryl methyl sites for hydroxylation is 1. The number of alkyl halides is 3. The largest absolute Gasteiger partial charge is 0.618 e. The molecule has 1 aromatic carbocycles. The molecule has 36 heavy (non-hydrogen) atoms. The summed E-state index contributed by atoms with van der Waals surface area (Å²) in [4.78, 5) is 21.6. The van der Waals surface area contributed by atoms with Gasteiger partial charge in [-0.1, -0.05) is 6.07 Å². The van der Waals surface area contributed by atoms with Crippen LogP contribution in [0.25, 0.3) is 22.5 Å². The van der Waals surface area contributed by atoms with Gasteiger partial charge in [-0.25, -0.2) is 4.39 Å². The Kier molecular flexibility index (Phi) is 6.69. The van der Waals surface area contributed by atoms with Crippen molar-refractivity contribution in [3.63, 3.8) is 0 Å². The minimum atomic E-state index is -4.80. The van der Waals surface area contributed by atoms with Gasteiger partial charge >= 0.3 is 6.18 Å². The Morgan fingerprint density at radius 3 is 2.44 bits per heavy atom. The number of amides is 1. The van der Waals surface area contributed by atoms with Crippen LogP contribution in [-0.4, -0.2) is 15.9 Å². The summed E-state index contributed by atoms with van der Waals surface area (Å²) in [5.41, 5.74) is 1.40. The Morgan fingerprint density at radius 1 is 1.06 bits per heavy atom. The highest BCUT2D eigenvalue weighted by Crippen LogP contribution is 2.29. The van der Waals surface area contributed by atoms with Crippen LogP contribution < -0.4 is 10.0 Å². The number of halogens is 4. The number of pyridine rings is 3. The fourth-order valence-corrected chi connectivity index (χ4v) is 3.62. The summed E-state index contributed by atoms with van der Waals surface area (Å²) in [5, 5.41) is 14.5. The summed E-state index contributed by atoms with van der Waals surface area (Å²) in [5.74, 6) is -1.15. The number of nitrogens with zero attached hydrogens (tertiary/aromatic N) is 3. The number of rotatable bonds is 5. The van der Waals surface area contributed by atoms with Crippen LogP contribution in [0.5, 0.6) is 0 Å². The van der Waals surface area contributed by atoms with Gasteiger partial charge in [-0.15, -0.1) is 0 Å². The van der Waals surface area contributed by atoms with Crippen molar-refractivity contribution in [1.82, 2.24) is 15.3 Å². The molecule has 0 saturated heterocycles. The molecule has 0 unspecified atom stereocenters. The zero-order valence-electron chi connectivity index (χ0n) is 19.2. The molecule has 4 aromatic rings. The molecule has 6 nitrogen and oxygen atoms in total. The van der Waals surface area contributed by atoms with E-state index in [0.29, 0.717) is 22.9 Å². The number of benzene rings is 1. The number of hydrogen-bond donors (Lipinski definition) is 1. The number of carbonyl (C=O) groups is 1. The van der Waals surface area contributed by atoms with Gasteiger partial charge < -0.3 is 10.5 Å². The van der Waals surface area contributed by atoms with Gasteiger partial charge in [0.1, 0.15) is 11.5 Å². The quantitative estimate of drug-likeness (QED) is 0.228. The highest BCUT2D eigenvalue weighted by molar-refractivity contribution is 5.97. The summed E-state index contributed by atoms with van der Waals surface area (Å²) in [6.07, 6.45) is -0.933. The predicted octanol–water partition coefficient (Wildman–Crippen LogP) is 5.40. The fraction of sp³-hybridized carbons (Fsp3) is 0.154. The van der Waals surface area contributed by atoms with E-state index < -0.39 is 29.6 Å². The first-order valence-corrected chi connectivity index (χ1v) is 10.8. The Labute approximate surface area is 203 Å². The van der Waals surface area contributed by atoms with Crippen molar-refractivity contribution in [3.8, 4) is 22.5 Å². The standard InChI is InChI=1S/C26H20F4N4O2/c1-15-5-7-22(32-13-15)18-10-19(24-21(27)4-3-9-31-24)12-20(11-18)25(35)33-16(2)17-6-8-23(26(28,29)30)34(36)14-17/h3-14,16H,1-2H3,(H,33,35)/t16-/m1/s1. The van der Waals surface area contributed by atoms with E-state index in [0.717, 1.165) is 17.8 Å². The fourth-order valence-electron chi connectivity index (χ4n) is 3.62. The molecule has 1 atom stereocenters. The van der Waals surface area contributed by atoms with Gasteiger partial charge in [-0.3, -0.25) is 14.8 Å². The van der Waals surface area contributed by atoms with Crippen LogP contribution in [0.2, 0.25) is 0 Å². The van der Waals surface area contributed by atoms with E-state index in [4.69, 9.17) is 0 Å². The third-order valence-corrected chi connectivity index (χ3v) is 5.51. The molecule has 0 fully saturated rings. The van der Waals surface area contributed by atoms with Crippen molar-refractivity contribution in [1.29, 1.82) is 0 Å². The molecule has 3 aromatic heterocycles. The minimum absolute atomic E-state index is 0.0451. The third kappa shape index (κ3) is 5.32. The van der Waals surface area contributed by atoms with Gasteiger partial charge in [0.25, 0.3) is 11.6 Å². The average Bonchev–Trinajstić information content (AvgIpc) is 2.83. The van der Waals surface area contributed by atoms with E-state index in [1.807, 2.05) is 13.0 Å². The summed E-state index contributed by atoms with van der Waals surface area (Å²) < 4.78 is 52.9. The molecular formula is C26H20F4N4O2. The molecule has 0 aliphatic rings. The Bertz CT molecular complexity index is 1420.